The number of ketones is 1. The van der Waals surface area contributed by atoms with Crippen LogP contribution in [0.25, 0.3) is 0 Å². The molecule has 20 heavy (non-hydrogen) atoms. The second-order valence-corrected chi connectivity index (χ2v) is 4.46. The van der Waals surface area contributed by atoms with Crippen LogP contribution in [0.3, 0.4) is 0 Å². The summed E-state index contributed by atoms with van der Waals surface area (Å²) in [5, 5.41) is 13.1. The van der Waals surface area contributed by atoms with Crippen molar-refractivity contribution in [3.05, 3.63) is 41.1 Å². The van der Waals surface area contributed by atoms with Crippen molar-refractivity contribution in [1.29, 1.82) is 0 Å². The van der Waals surface area contributed by atoms with Gasteiger partial charge in [-0.05, 0) is 26.0 Å². The fourth-order valence-corrected chi connectivity index (χ4v) is 2.10. The van der Waals surface area contributed by atoms with Crippen LogP contribution in [0.5, 0.6) is 5.75 Å². The number of allylic oxidation sites excluding steroid dienone is 1. The number of ether oxygens (including phenoxy) is 2. The van der Waals surface area contributed by atoms with E-state index in [4.69, 9.17) is 9.47 Å². The molecule has 0 spiro atoms. The van der Waals surface area contributed by atoms with Crippen molar-refractivity contribution in [3.8, 4) is 5.75 Å². The smallest absolute Gasteiger partial charge is 0.229 e. The van der Waals surface area contributed by atoms with E-state index in [2.05, 4.69) is 5.32 Å². The molecule has 0 aliphatic carbocycles. The summed E-state index contributed by atoms with van der Waals surface area (Å²) in [6, 6.07) is 6.90. The van der Waals surface area contributed by atoms with Gasteiger partial charge in [-0.1, -0.05) is 12.1 Å². The lowest BCUT2D eigenvalue weighted by atomic mass is 9.98. The van der Waals surface area contributed by atoms with E-state index in [9.17, 15) is 9.90 Å². The Morgan fingerprint density at radius 3 is 2.95 bits per heavy atom. The van der Waals surface area contributed by atoms with Gasteiger partial charge >= 0.3 is 0 Å². The number of benzene rings is 1. The van der Waals surface area contributed by atoms with Crippen LogP contribution in [0.4, 0.5) is 0 Å². The molecule has 1 atom stereocenters. The molecule has 1 aromatic rings. The SMILES string of the molecule is CCOCCN/C(C)=C1\C(=O)c2ccccc2OC1O. The third-order valence-corrected chi connectivity index (χ3v) is 3.11. The number of fused-ring (bicyclic) bond motifs is 1. The molecular weight excluding hydrogens is 258 g/mol. The summed E-state index contributed by atoms with van der Waals surface area (Å²) in [7, 11) is 0. The number of carbonyl (C=O) groups is 1. The van der Waals surface area contributed by atoms with E-state index in [-0.39, 0.29) is 11.4 Å². The molecule has 2 N–H and O–H groups in total. The second-order valence-electron chi connectivity index (χ2n) is 4.46. The summed E-state index contributed by atoms with van der Waals surface area (Å²) < 4.78 is 10.6. The molecule has 1 aliphatic heterocycles. The monoisotopic (exact) mass is 277 g/mol. The van der Waals surface area contributed by atoms with Gasteiger partial charge in [0.1, 0.15) is 5.75 Å². The zero-order valence-electron chi connectivity index (χ0n) is 11.7. The molecule has 0 saturated heterocycles. The normalized spacial score (nSPS) is 20.1. The Hall–Kier alpha value is -1.85. The van der Waals surface area contributed by atoms with E-state index < -0.39 is 6.29 Å². The van der Waals surface area contributed by atoms with Gasteiger partial charge < -0.3 is 19.9 Å². The molecule has 5 nitrogen and oxygen atoms in total. The van der Waals surface area contributed by atoms with E-state index in [0.29, 0.717) is 36.8 Å². The van der Waals surface area contributed by atoms with E-state index >= 15 is 0 Å². The third kappa shape index (κ3) is 3.00. The van der Waals surface area contributed by atoms with Gasteiger partial charge in [0.15, 0.2) is 0 Å². The van der Waals surface area contributed by atoms with Crippen LogP contribution in [-0.2, 0) is 4.74 Å². The van der Waals surface area contributed by atoms with Gasteiger partial charge in [0.25, 0.3) is 0 Å². The maximum Gasteiger partial charge on any atom is 0.229 e. The molecule has 1 aromatic carbocycles. The molecule has 0 saturated carbocycles. The molecule has 0 bridgehead atoms. The van der Waals surface area contributed by atoms with Crippen LogP contribution in [0.1, 0.15) is 24.2 Å². The molecule has 0 aromatic heterocycles. The number of nitrogens with one attached hydrogen (secondary N) is 1. The highest BCUT2D eigenvalue weighted by atomic mass is 16.6. The van der Waals surface area contributed by atoms with Crippen LogP contribution in [0.2, 0.25) is 0 Å². The van der Waals surface area contributed by atoms with E-state index in [1.165, 1.54) is 0 Å². The maximum atomic E-state index is 12.4. The standard InChI is InChI=1S/C15H19NO4/c1-3-19-9-8-16-10(2)13-14(17)11-6-4-5-7-12(11)20-15(13)18/h4-7,15-16,18H,3,8-9H2,1-2H3/b13-10+. The van der Waals surface area contributed by atoms with E-state index in [1.807, 2.05) is 6.92 Å². The molecule has 5 heteroatoms. The molecule has 108 valence electrons. The Bertz CT molecular complexity index is 524. The number of Topliss-reactive ketones (excluding diaryl/α,β-unsaturated/α-hetero) is 1. The van der Waals surface area contributed by atoms with Crippen LogP contribution in [0.15, 0.2) is 35.5 Å². The second kappa shape index (κ2) is 6.54. The van der Waals surface area contributed by atoms with Crippen molar-refractivity contribution < 1.29 is 19.4 Å². The van der Waals surface area contributed by atoms with Crippen molar-refractivity contribution >= 4 is 5.78 Å². The Morgan fingerprint density at radius 1 is 1.45 bits per heavy atom. The number of hydrogen-bond donors (Lipinski definition) is 2. The molecule has 2 rings (SSSR count). The Balaban J connectivity index is 2.17. The molecule has 1 unspecified atom stereocenters. The predicted molar refractivity (Wildman–Crippen MR) is 74.6 cm³/mol. The quantitative estimate of drug-likeness (QED) is 0.630. The highest BCUT2D eigenvalue weighted by Crippen LogP contribution is 2.30. The van der Waals surface area contributed by atoms with Gasteiger partial charge in [-0.25, -0.2) is 0 Å². The number of hydrogen-bond acceptors (Lipinski definition) is 5. The largest absolute Gasteiger partial charge is 0.460 e. The first kappa shape index (κ1) is 14.6. The number of rotatable bonds is 5. The average Bonchev–Trinajstić information content (AvgIpc) is 2.43. The lowest BCUT2D eigenvalue weighted by molar-refractivity contribution is 0.00672. The first-order valence-corrected chi connectivity index (χ1v) is 6.66. The minimum atomic E-state index is -1.24. The molecule has 0 radical (unpaired) electrons. The molecule has 1 heterocycles. The Kier molecular flexibility index (Phi) is 4.76. The lowest BCUT2D eigenvalue weighted by Crippen LogP contribution is -2.33. The van der Waals surface area contributed by atoms with Crippen molar-refractivity contribution in [3.63, 3.8) is 0 Å². The lowest BCUT2D eigenvalue weighted by Gasteiger charge is -2.25. The molecule has 0 amide bonds. The van der Waals surface area contributed by atoms with Crippen LogP contribution in [-0.4, -0.2) is 36.9 Å². The fraction of sp³-hybridized carbons (Fsp3) is 0.400. The van der Waals surface area contributed by atoms with Crippen molar-refractivity contribution in [2.45, 2.75) is 20.1 Å². The zero-order valence-corrected chi connectivity index (χ0v) is 11.7. The summed E-state index contributed by atoms with van der Waals surface area (Å²) in [5.74, 6) is 0.205. The predicted octanol–water partition coefficient (Wildman–Crippen LogP) is 1.48. The highest BCUT2D eigenvalue weighted by molar-refractivity contribution is 6.12. The summed E-state index contributed by atoms with van der Waals surface area (Å²) in [6.45, 7) is 5.44. The van der Waals surface area contributed by atoms with Gasteiger partial charge in [-0.3, -0.25) is 4.79 Å². The highest BCUT2D eigenvalue weighted by Gasteiger charge is 2.31. The number of carbonyl (C=O) groups excluding carboxylic acids is 1. The number of aliphatic hydroxyl groups is 1. The first-order valence-electron chi connectivity index (χ1n) is 6.66. The van der Waals surface area contributed by atoms with Crippen molar-refractivity contribution in [2.24, 2.45) is 0 Å². The summed E-state index contributed by atoms with van der Waals surface area (Å²) in [6.07, 6.45) is -1.24. The van der Waals surface area contributed by atoms with Gasteiger partial charge in [0.2, 0.25) is 12.1 Å². The van der Waals surface area contributed by atoms with Gasteiger partial charge in [-0.15, -0.1) is 0 Å². The molecular formula is C15H19NO4. The minimum absolute atomic E-state index is 0.208. The summed E-state index contributed by atoms with van der Waals surface area (Å²) >= 11 is 0. The zero-order chi connectivity index (χ0) is 14.5. The van der Waals surface area contributed by atoms with Gasteiger partial charge in [0, 0.05) is 18.8 Å². The third-order valence-electron chi connectivity index (χ3n) is 3.11. The van der Waals surface area contributed by atoms with Gasteiger partial charge in [0.05, 0.1) is 17.7 Å². The van der Waals surface area contributed by atoms with Crippen LogP contribution >= 0.6 is 0 Å². The number of para-hydroxylation sites is 1. The maximum absolute atomic E-state index is 12.4. The molecule has 0 fully saturated rings. The van der Waals surface area contributed by atoms with E-state index in [0.717, 1.165) is 0 Å². The first-order chi connectivity index (χ1) is 9.65. The Labute approximate surface area is 118 Å². The van der Waals surface area contributed by atoms with Gasteiger partial charge in [-0.2, -0.15) is 0 Å². The topological polar surface area (TPSA) is 67.8 Å². The van der Waals surface area contributed by atoms with Crippen LogP contribution < -0.4 is 10.1 Å². The van der Waals surface area contributed by atoms with E-state index in [1.54, 1.807) is 31.2 Å². The molecule has 1 aliphatic rings. The fourth-order valence-electron chi connectivity index (χ4n) is 2.10. The average molecular weight is 277 g/mol. The minimum Gasteiger partial charge on any atom is -0.460 e. The van der Waals surface area contributed by atoms with Crippen molar-refractivity contribution in [1.82, 2.24) is 5.32 Å². The van der Waals surface area contributed by atoms with Crippen LogP contribution in [0, 0.1) is 0 Å². The summed E-state index contributed by atoms with van der Waals surface area (Å²) in [4.78, 5) is 12.4. The Morgan fingerprint density at radius 2 is 2.20 bits per heavy atom. The summed E-state index contributed by atoms with van der Waals surface area (Å²) in [5.41, 5.74) is 1.33. The number of aliphatic hydroxyl groups excluding tert-OH is 1. The van der Waals surface area contributed by atoms with Crippen molar-refractivity contribution in [2.75, 3.05) is 19.8 Å².